The topological polar surface area (TPSA) is 75.9 Å². The number of nitrogens with two attached hydrogens (primary N) is 1. The summed E-state index contributed by atoms with van der Waals surface area (Å²) in [6, 6.07) is 19.3. The first-order valence-electron chi connectivity index (χ1n) is 10.8. The van der Waals surface area contributed by atoms with Crippen molar-refractivity contribution in [1.82, 2.24) is 4.90 Å². The Morgan fingerprint density at radius 2 is 1.66 bits per heavy atom. The van der Waals surface area contributed by atoms with Gasteiger partial charge < -0.3 is 20.3 Å². The normalized spacial score (nSPS) is 18.3. The molecule has 1 atom stereocenters. The molecule has 0 saturated carbocycles. The Morgan fingerprint density at radius 3 is 2.38 bits per heavy atom. The molecule has 0 radical (unpaired) electrons. The van der Waals surface area contributed by atoms with Gasteiger partial charge in [-0.3, -0.25) is 9.59 Å². The van der Waals surface area contributed by atoms with Gasteiger partial charge in [0.1, 0.15) is 6.04 Å². The van der Waals surface area contributed by atoms with E-state index in [1.807, 2.05) is 48.5 Å². The summed E-state index contributed by atoms with van der Waals surface area (Å²) in [4.78, 5) is 30.5. The number of fused-ring (bicyclic) bond motifs is 1. The van der Waals surface area contributed by atoms with Crippen LogP contribution < -0.4 is 10.6 Å². The molecule has 2 aliphatic heterocycles. The summed E-state index contributed by atoms with van der Waals surface area (Å²) in [5.41, 5.74) is 9.96. The van der Waals surface area contributed by atoms with Crippen molar-refractivity contribution in [1.29, 1.82) is 0 Å². The fourth-order valence-electron chi connectivity index (χ4n) is 4.44. The Balaban J connectivity index is 1.53. The number of carbonyl (C=O) groups is 2. The molecule has 0 aliphatic carbocycles. The monoisotopic (exact) mass is 447 g/mol. The highest BCUT2D eigenvalue weighted by atomic mass is 32.1. The van der Waals surface area contributed by atoms with Gasteiger partial charge in [0.05, 0.1) is 23.1 Å². The highest BCUT2D eigenvalue weighted by Crippen LogP contribution is 2.40. The second kappa shape index (κ2) is 8.76. The highest BCUT2D eigenvalue weighted by molar-refractivity contribution is 7.18. The van der Waals surface area contributed by atoms with Gasteiger partial charge in [0, 0.05) is 31.6 Å². The summed E-state index contributed by atoms with van der Waals surface area (Å²) < 4.78 is 5.53. The summed E-state index contributed by atoms with van der Waals surface area (Å²) in [5.74, 6) is -0.619. The molecule has 2 aromatic carbocycles. The Bertz CT molecular complexity index is 1140. The summed E-state index contributed by atoms with van der Waals surface area (Å²) in [6.45, 7) is 3.29. The lowest BCUT2D eigenvalue weighted by molar-refractivity contribution is -0.122. The Morgan fingerprint density at radius 1 is 0.969 bits per heavy atom. The molecule has 0 spiro atoms. The van der Waals surface area contributed by atoms with Crippen molar-refractivity contribution in [2.75, 3.05) is 31.2 Å². The smallest absolute Gasteiger partial charge is 0.265 e. The van der Waals surface area contributed by atoms with Crippen molar-refractivity contribution >= 4 is 28.2 Å². The van der Waals surface area contributed by atoms with E-state index in [0.717, 1.165) is 40.3 Å². The van der Waals surface area contributed by atoms with Crippen LogP contribution in [0.4, 0.5) is 5.00 Å². The minimum atomic E-state index is -0.647. The molecular weight excluding hydrogens is 422 g/mol. The zero-order chi connectivity index (χ0) is 22.1. The number of hydrogen-bond acceptors (Lipinski definition) is 5. The number of amides is 2. The lowest BCUT2D eigenvalue weighted by atomic mass is 9.93. The number of benzene rings is 2. The Labute approximate surface area is 191 Å². The average molecular weight is 448 g/mol. The lowest BCUT2D eigenvalue weighted by Crippen LogP contribution is -2.51. The van der Waals surface area contributed by atoms with E-state index >= 15 is 0 Å². The van der Waals surface area contributed by atoms with Crippen LogP contribution in [0.15, 0.2) is 60.7 Å². The first kappa shape index (κ1) is 20.7. The number of hydrogen-bond donors (Lipinski definition) is 1. The van der Waals surface area contributed by atoms with E-state index in [1.165, 1.54) is 11.3 Å². The van der Waals surface area contributed by atoms with Crippen LogP contribution in [0.2, 0.25) is 0 Å². The number of anilines is 1. The molecule has 1 saturated heterocycles. The minimum absolute atomic E-state index is 0.148. The zero-order valence-electron chi connectivity index (χ0n) is 17.7. The Kier molecular flexibility index (Phi) is 5.68. The van der Waals surface area contributed by atoms with Crippen molar-refractivity contribution < 1.29 is 14.3 Å². The molecule has 6 nitrogen and oxygen atoms in total. The maximum atomic E-state index is 13.7. The van der Waals surface area contributed by atoms with Crippen molar-refractivity contribution in [3.8, 4) is 11.1 Å². The molecule has 7 heteroatoms. The van der Waals surface area contributed by atoms with Crippen LogP contribution in [0.1, 0.15) is 20.8 Å². The van der Waals surface area contributed by atoms with Crippen LogP contribution in [-0.2, 0) is 22.5 Å². The third-order valence-corrected chi connectivity index (χ3v) is 7.33. The van der Waals surface area contributed by atoms with Gasteiger partial charge in [-0.05, 0) is 22.8 Å². The largest absolute Gasteiger partial charge is 0.378 e. The van der Waals surface area contributed by atoms with Crippen molar-refractivity contribution in [2.45, 2.75) is 19.0 Å². The molecule has 0 bridgehead atoms. The zero-order valence-corrected chi connectivity index (χ0v) is 18.5. The molecule has 5 rings (SSSR count). The number of rotatable bonds is 4. The van der Waals surface area contributed by atoms with Gasteiger partial charge in [0.2, 0.25) is 5.91 Å². The maximum absolute atomic E-state index is 13.7. The Hall–Kier alpha value is -3.16. The van der Waals surface area contributed by atoms with Crippen LogP contribution >= 0.6 is 11.3 Å². The quantitative estimate of drug-likeness (QED) is 0.666. The molecule has 1 unspecified atom stereocenters. The van der Waals surface area contributed by atoms with Gasteiger partial charge in [-0.15, -0.1) is 11.3 Å². The molecule has 1 fully saturated rings. The molecule has 2 N–H and O–H groups in total. The standard InChI is InChI=1S/C25H25N3O3S/c26-23(29)21-14-18-8-4-5-9-19(18)16-28(21)24(30)22-15-20(17-6-2-1-3-7-17)25(32-22)27-10-12-31-13-11-27/h1-9,15,21H,10-14,16H2,(H2,26,29). The third kappa shape index (κ3) is 3.89. The SMILES string of the molecule is NC(=O)C1Cc2ccccc2CN1C(=O)c1cc(-c2ccccc2)c(N2CCOCC2)s1. The molecule has 2 aliphatic rings. The first-order valence-corrected chi connectivity index (χ1v) is 11.6. The molecule has 1 aromatic heterocycles. The van der Waals surface area contributed by atoms with Gasteiger partial charge in [0.25, 0.3) is 5.91 Å². The van der Waals surface area contributed by atoms with E-state index in [-0.39, 0.29) is 5.91 Å². The molecule has 3 heterocycles. The second-order valence-corrected chi connectivity index (χ2v) is 9.15. The average Bonchev–Trinajstić information content (AvgIpc) is 3.29. The van der Waals surface area contributed by atoms with Crippen LogP contribution in [0.3, 0.4) is 0 Å². The second-order valence-electron chi connectivity index (χ2n) is 8.12. The summed E-state index contributed by atoms with van der Waals surface area (Å²) >= 11 is 1.48. The number of carbonyl (C=O) groups excluding carboxylic acids is 2. The highest BCUT2D eigenvalue weighted by Gasteiger charge is 2.35. The number of primary amides is 1. The number of ether oxygens (including phenoxy) is 1. The predicted octanol–water partition coefficient (Wildman–Crippen LogP) is 3.30. The number of thiophene rings is 1. The van der Waals surface area contributed by atoms with Crippen LogP contribution in [0.5, 0.6) is 0 Å². The van der Waals surface area contributed by atoms with E-state index in [4.69, 9.17) is 10.5 Å². The molecular formula is C25H25N3O3S. The van der Waals surface area contributed by atoms with Gasteiger partial charge in [0.15, 0.2) is 0 Å². The summed E-state index contributed by atoms with van der Waals surface area (Å²) in [5, 5.41) is 1.07. The predicted molar refractivity (Wildman–Crippen MR) is 126 cm³/mol. The van der Waals surface area contributed by atoms with Crippen molar-refractivity contribution in [3.05, 3.63) is 76.7 Å². The van der Waals surface area contributed by atoms with Gasteiger partial charge in [-0.2, -0.15) is 0 Å². The van der Waals surface area contributed by atoms with Gasteiger partial charge in [-0.25, -0.2) is 0 Å². The van der Waals surface area contributed by atoms with Gasteiger partial charge in [-0.1, -0.05) is 54.6 Å². The number of morpholine rings is 1. The van der Waals surface area contributed by atoms with E-state index in [1.54, 1.807) is 4.90 Å². The minimum Gasteiger partial charge on any atom is -0.378 e. The van der Waals surface area contributed by atoms with Crippen molar-refractivity contribution in [2.24, 2.45) is 5.73 Å². The summed E-state index contributed by atoms with van der Waals surface area (Å²) in [6.07, 6.45) is 0.449. The maximum Gasteiger partial charge on any atom is 0.265 e. The fraction of sp³-hybridized carbons (Fsp3) is 0.280. The van der Waals surface area contributed by atoms with Crippen LogP contribution in [-0.4, -0.2) is 49.1 Å². The van der Waals surface area contributed by atoms with Crippen LogP contribution in [0, 0.1) is 0 Å². The third-order valence-electron chi connectivity index (χ3n) is 6.14. The van der Waals surface area contributed by atoms with E-state index in [2.05, 4.69) is 17.0 Å². The van der Waals surface area contributed by atoms with E-state index in [0.29, 0.717) is 31.1 Å². The lowest BCUT2D eigenvalue weighted by Gasteiger charge is -2.34. The fourth-order valence-corrected chi connectivity index (χ4v) is 5.63. The first-order chi connectivity index (χ1) is 15.6. The van der Waals surface area contributed by atoms with Crippen LogP contribution in [0.25, 0.3) is 11.1 Å². The molecule has 164 valence electrons. The summed E-state index contributed by atoms with van der Waals surface area (Å²) in [7, 11) is 0. The molecule has 32 heavy (non-hydrogen) atoms. The number of nitrogens with zero attached hydrogens (tertiary/aromatic N) is 2. The van der Waals surface area contributed by atoms with Crippen molar-refractivity contribution in [3.63, 3.8) is 0 Å². The van der Waals surface area contributed by atoms with E-state index < -0.39 is 11.9 Å². The van der Waals surface area contributed by atoms with Gasteiger partial charge >= 0.3 is 0 Å². The molecule has 2 amide bonds. The molecule has 3 aromatic rings. The van der Waals surface area contributed by atoms with E-state index in [9.17, 15) is 9.59 Å².